The molecule has 1 fully saturated rings. The van der Waals surface area contributed by atoms with Crippen LogP contribution in [0.25, 0.3) is 5.76 Å². The smallest absolute Gasteiger partial charge is 0.465 e. The van der Waals surface area contributed by atoms with Gasteiger partial charge in [0.15, 0.2) is 0 Å². The summed E-state index contributed by atoms with van der Waals surface area (Å²) in [7, 11) is -10.1. The lowest BCUT2D eigenvalue weighted by Crippen LogP contribution is -2.51. The topological polar surface area (TPSA) is 223 Å². The van der Waals surface area contributed by atoms with Crippen molar-refractivity contribution in [2.75, 3.05) is 13.2 Å². The fraction of sp³-hybridized carbons (Fsp3) is 0.333. The Morgan fingerprint density at radius 3 is 2.52 bits per heavy atom. The van der Waals surface area contributed by atoms with Crippen molar-refractivity contribution in [3.8, 4) is 0 Å². The first kappa shape index (κ1) is 33.4. The van der Waals surface area contributed by atoms with Crippen LogP contribution in [0.5, 0.6) is 0 Å². The maximum Gasteiger partial charge on any atom is 0.481 e. The predicted molar refractivity (Wildman–Crippen MR) is 156 cm³/mol. The van der Waals surface area contributed by atoms with E-state index in [1.165, 1.54) is 42.6 Å². The molecule has 0 spiro atoms. The van der Waals surface area contributed by atoms with Gasteiger partial charge in [-0.25, -0.2) is 18.7 Å². The summed E-state index contributed by atoms with van der Waals surface area (Å²) >= 11 is 0. The highest BCUT2D eigenvalue weighted by molar-refractivity contribution is 7.61. The summed E-state index contributed by atoms with van der Waals surface area (Å²) in [6, 6.07) is 13.2. The molecule has 3 aliphatic heterocycles. The Bertz CT molecular complexity index is 1650. The van der Waals surface area contributed by atoms with Crippen LogP contribution in [0, 0.1) is 10.1 Å². The van der Waals surface area contributed by atoms with Crippen LogP contribution < -0.4 is 5.32 Å². The zero-order valence-electron chi connectivity index (χ0n) is 24.1. The molecule has 2 amide bonds. The first-order chi connectivity index (χ1) is 21.9. The molecule has 17 nitrogen and oxygen atoms in total. The summed E-state index contributed by atoms with van der Waals surface area (Å²) in [6.45, 7) is 0.657. The van der Waals surface area contributed by atoms with Crippen LogP contribution in [0.1, 0.15) is 35.7 Å². The van der Waals surface area contributed by atoms with Gasteiger partial charge in [-0.2, -0.15) is 4.31 Å². The second kappa shape index (κ2) is 13.8. The van der Waals surface area contributed by atoms with Crippen LogP contribution in [-0.2, 0) is 36.7 Å². The van der Waals surface area contributed by atoms with Crippen molar-refractivity contribution < 1.29 is 61.0 Å². The second-order valence-electron chi connectivity index (χ2n) is 10.1. The second-order valence-corrected chi connectivity index (χ2v) is 13.1. The number of phosphoric acid groups is 2. The number of hydrogen-bond acceptors (Lipinski definition) is 12. The molecule has 3 N–H and O–H groups in total. The van der Waals surface area contributed by atoms with Crippen molar-refractivity contribution in [2.24, 2.45) is 0 Å². The standard InChI is InChI=1S/C27H29N3O14P2/c1-2-12-39-45(35,36)44-46(37,38)40-16-23-22(43-26(31)17-8-4-3-5-9-17)14-24(41-23)29-15-18-13-21(42-25(18)28-27(29)32)19-10-6-7-11-20(19)30(33)34/h3-11,13,15,22-25H,2,12,14,16H2,1H3,(H,28,32)(H,35,36)(H,37,38)/t22?,23-,24-,25?/m1/s1. The Balaban J connectivity index is 1.35. The molecule has 0 aliphatic carbocycles. The average molecular weight is 681 g/mol. The first-order valence-electron chi connectivity index (χ1n) is 13.9. The van der Waals surface area contributed by atoms with Gasteiger partial charge in [0.05, 0.1) is 29.3 Å². The van der Waals surface area contributed by atoms with Gasteiger partial charge in [0.1, 0.15) is 24.2 Å². The number of carbonyl (C=O) groups excluding carboxylic acids is 2. The number of amides is 2. The Hall–Kier alpha value is -3.92. The number of para-hydroxylation sites is 1. The van der Waals surface area contributed by atoms with E-state index in [4.69, 9.17) is 18.7 Å². The van der Waals surface area contributed by atoms with Crippen molar-refractivity contribution in [1.29, 1.82) is 0 Å². The molecule has 0 aromatic heterocycles. The van der Waals surface area contributed by atoms with Gasteiger partial charge in [-0.05, 0) is 30.7 Å². The minimum absolute atomic E-state index is 0.120. The van der Waals surface area contributed by atoms with Gasteiger partial charge < -0.3 is 24.0 Å². The maximum atomic E-state index is 13.1. The number of ether oxygens (including phenoxy) is 3. The highest BCUT2D eigenvalue weighted by Crippen LogP contribution is 2.60. The summed E-state index contributed by atoms with van der Waals surface area (Å²) < 4.78 is 55.6. The monoisotopic (exact) mass is 681 g/mol. The third kappa shape index (κ3) is 7.89. The van der Waals surface area contributed by atoms with Gasteiger partial charge in [-0.3, -0.25) is 29.4 Å². The van der Waals surface area contributed by atoms with Crippen molar-refractivity contribution in [2.45, 2.75) is 44.4 Å². The highest BCUT2D eigenvalue weighted by Gasteiger charge is 2.46. The number of urea groups is 1. The number of nitro groups is 1. The van der Waals surface area contributed by atoms with Crippen molar-refractivity contribution >= 4 is 39.1 Å². The lowest BCUT2D eigenvalue weighted by Gasteiger charge is -2.31. The first-order valence-corrected chi connectivity index (χ1v) is 16.8. The van der Waals surface area contributed by atoms with Crippen LogP contribution in [0.4, 0.5) is 10.5 Å². The molecule has 4 unspecified atom stereocenters. The highest BCUT2D eigenvalue weighted by atomic mass is 31.3. The van der Waals surface area contributed by atoms with Crippen LogP contribution in [0.15, 0.2) is 72.4 Å². The van der Waals surface area contributed by atoms with E-state index in [1.54, 1.807) is 31.2 Å². The van der Waals surface area contributed by atoms with E-state index < -0.39 is 63.8 Å². The lowest BCUT2D eigenvalue weighted by molar-refractivity contribution is -0.385. The number of hydrogen-bond donors (Lipinski definition) is 3. The Kier molecular flexibility index (Phi) is 10.1. The molecular weight excluding hydrogens is 652 g/mol. The quantitative estimate of drug-likeness (QED) is 0.117. The Labute approximate surface area is 261 Å². The number of nitro benzene ring substituents is 1. The molecule has 0 saturated carbocycles. The minimum Gasteiger partial charge on any atom is -0.465 e. The Morgan fingerprint density at radius 2 is 1.80 bits per heavy atom. The van der Waals surface area contributed by atoms with Crippen LogP contribution >= 0.6 is 15.6 Å². The van der Waals surface area contributed by atoms with E-state index in [2.05, 4.69) is 14.2 Å². The van der Waals surface area contributed by atoms with Gasteiger partial charge in [-0.1, -0.05) is 37.3 Å². The van der Waals surface area contributed by atoms with Crippen LogP contribution in [0.3, 0.4) is 0 Å². The molecule has 0 bridgehead atoms. The van der Waals surface area contributed by atoms with Crippen molar-refractivity contribution in [1.82, 2.24) is 10.2 Å². The number of rotatable bonds is 13. The predicted octanol–water partition coefficient (Wildman–Crippen LogP) is 4.20. The molecular formula is C27H29N3O14P2. The molecule has 19 heteroatoms. The largest absolute Gasteiger partial charge is 0.481 e. The fourth-order valence-electron chi connectivity index (χ4n) is 4.75. The van der Waals surface area contributed by atoms with E-state index in [-0.39, 0.29) is 35.6 Å². The lowest BCUT2D eigenvalue weighted by atomic mass is 10.1. The minimum atomic E-state index is -5.19. The van der Waals surface area contributed by atoms with Gasteiger partial charge >= 0.3 is 27.6 Å². The average Bonchev–Trinajstić information content (AvgIpc) is 3.62. The number of nitrogens with one attached hydrogen (secondary N) is 1. The summed E-state index contributed by atoms with van der Waals surface area (Å²) in [5, 5.41) is 14.1. The van der Waals surface area contributed by atoms with Crippen LogP contribution in [0.2, 0.25) is 0 Å². The van der Waals surface area contributed by atoms with E-state index >= 15 is 0 Å². The fourth-order valence-corrected chi connectivity index (χ4v) is 6.92. The van der Waals surface area contributed by atoms with E-state index in [9.17, 15) is 38.6 Å². The zero-order valence-corrected chi connectivity index (χ0v) is 25.9. The number of esters is 1. The molecule has 2 aromatic rings. The molecule has 246 valence electrons. The normalized spacial score (nSPS) is 24.8. The van der Waals surface area contributed by atoms with Crippen LogP contribution in [-0.4, -0.2) is 69.5 Å². The zero-order chi connectivity index (χ0) is 33.1. The Morgan fingerprint density at radius 1 is 1.11 bits per heavy atom. The molecule has 46 heavy (non-hydrogen) atoms. The maximum absolute atomic E-state index is 13.1. The number of benzene rings is 2. The number of phosphoric ester groups is 2. The summed E-state index contributed by atoms with van der Waals surface area (Å²) in [5.74, 6) is -0.597. The van der Waals surface area contributed by atoms with Crippen molar-refractivity contribution in [3.63, 3.8) is 0 Å². The van der Waals surface area contributed by atoms with E-state index in [0.717, 1.165) is 4.90 Å². The summed E-state index contributed by atoms with van der Waals surface area (Å²) in [5.41, 5.74) is 0.635. The molecule has 1 saturated heterocycles. The molecule has 0 radical (unpaired) electrons. The third-order valence-corrected chi connectivity index (χ3v) is 9.45. The number of fused-ring (bicyclic) bond motifs is 1. The van der Waals surface area contributed by atoms with E-state index in [1.807, 2.05) is 0 Å². The molecule has 2 aromatic carbocycles. The van der Waals surface area contributed by atoms with Gasteiger partial charge in [0.2, 0.25) is 6.23 Å². The molecule has 6 atom stereocenters. The summed E-state index contributed by atoms with van der Waals surface area (Å²) in [6.07, 6.45) is -1.30. The number of nitrogens with zero attached hydrogens (tertiary/aromatic N) is 2. The SMILES string of the molecule is CCCOP(=O)(O)OP(=O)(O)OC[C@H]1O[C@@H](N2C=C3C=C(c4ccccc4[N+](=O)[O-])OC3NC2=O)CC1OC(=O)c1ccccc1. The van der Waals surface area contributed by atoms with Gasteiger partial charge in [-0.15, -0.1) is 0 Å². The summed E-state index contributed by atoms with van der Waals surface area (Å²) in [4.78, 5) is 57.9. The van der Waals surface area contributed by atoms with Crippen molar-refractivity contribution in [3.05, 3.63) is 93.7 Å². The molecule has 5 rings (SSSR count). The molecule has 3 aliphatic rings. The van der Waals surface area contributed by atoms with Gasteiger partial charge in [0.25, 0.3) is 5.69 Å². The van der Waals surface area contributed by atoms with Gasteiger partial charge in [0, 0.05) is 24.3 Å². The third-order valence-electron chi connectivity index (χ3n) is 6.81. The van der Waals surface area contributed by atoms with E-state index in [0.29, 0.717) is 12.0 Å². The number of carbonyl (C=O) groups is 2. The molecule has 3 heterocycles.